The molecule has 1 aromatic heterocycles. The van der Waals surface area contributed by atoms with Crippen molar-refractivity contribution in [3.05, 3.63) is 22.3 Å². The number of rotatable bonds is 4. The van der Waals surface area contributed by atoms with Gasteiger partial charge in [-0.3, -0.25) is 9.59 Å². The van der Waals surface area contributed by atoms with Crippen LogP contribution in [0.25, 0.3) is 0 Å². The molecule has 0 aromatic carbocycles. The van der Waals surface area contributed by atoms with Gasteiger partial charge in [-0.1, -0.05) is 23.2 Å². The number of nitrogens with two attached hydrogens (primary N) is 1. The molecule has 19 heavy (non-hydrogen) atoms. The fourth-order valence-corrected chi connectivity index (χ4v) is 1.21. The van der Waals surface area contributed by atoms with Gasteiger partial charge in [-0.05, 0) is 6.92 Å². The van der Waals surface area contributed by atoms with Crippen LogP contribution in [0.3, 0.4) is 0 Å². The molecule has 0 fully saturated rings. The van der Waals surface area contributed by atoms with Gasteiger partial charge in [0.1, 0.15) is 12.2 Å². The van der Waals surface area contributed by atoms with Crippen molar-refractivity contribution in [2.24, 2.45) is 0 Å². The normalized spacial score (nSPS) is 9.26. The summed E-state index contributed by atoms with van der Waals surface area (Å²) >= 11 is 16.2. The summed E-state index contributed by atoms with van der Waals surface area (Å²) in [6.07, 6.45) is 1.20. The number of hydrogen-bond donors (Lipinski definition) is 1. The largest absolute Gasteiger partial charge is 0.466 e. The average molecular weight is 328 g/mol. The molecule has 0 aliphatic carbocycles. The smallest absolute Gasteiger partial charge is 0.313 e. The summed E-state index contributed by atoms with van der Waals surface area (Å²) in [5.74, 6) is -0.559. The van der Waals surface area contributed by atoms with Gasteiger partial charge in [0.2, 0.25) is 0 Å². The highest BCUT2D eigenvalue weighted by atomic mass is 35.5. The van der Waals surface area contributed by atoms with Crippen LogP contribution in [0.2, 0.25) is 10.0 Å². The van der Waals surface area contributed by atoms with E-state index in [0.29, 0.717) is 22.5 Å². The number of ketones is 1. The molecule has 1 rings (SSSR count). The molecule has 0 spiro atoms. The third-order valence-corrected chi connectivity index (χ3v) is 2.63. The lowest BCUT2D eigenvalue weighted by molar-refractivity contribution is -0.145. The van der Waals surface area contributed by atoms with E-state index in [4.69, 9.17) is 40.5 Å². The second-order valence-electron chi connectivity index (χ2n) is 3.18. The molecule has 0 aliphatic heterocycles. The first kappa shape index (κ1) is 18.0. The first-order chi connectivity index (χ1) is 8.90. The summed E-state index contributed by atoms with van der Waals surface area (Å²) in [7, 11) is 0. The van der Waals surface area contributed by atoms with E-state index in [1.165, 1.54) is 12.3 Å². The number of carbonyl (C=O) groups excluding carboxylic acids is 2. The number of carbonyl (C=O) groups is 2. The topological polar surface area (TPSA) is 82.3 Å². The zero-order valence-corrected chi connectivity index (χ0v) is 12.4. The molecule has 0 saturated carbocycles. The first-order valence-electron chi connectivity index (χ1n) is 5.20. The van der Waals surface area contributed by atoms with Gasteiger partial charge in [0.15, 0.2) is 5.78 Å². The minimum atomic E-state index is -0.506. The minimum Gasteiger partial charge on any atom is -0.466 e. The van der Waals surface area contributed by atoms with Gasteiger partial charge in [0, 0.05) is 12.3 Å². The van der Waals surface area contributed by atoms with Gasteiger partial charge in [-0.2, -0.15) is 0 Å². The number of pyridine rings is 1. The molecular formula is C11H13Cl3N2O3. The van der Waals surface area contributed by atoms with Crippen LogP contribution in [0.4, 0.5) is 5.82 Å². The Morgan fingerprint density at radius 3 is 2.42 bits per heavy atom. The lowest BCUT2D eigenvalue weighted by Gasteiger charge is -1.97. The number of nitrogens with zero attached hydrogens (tertiary/aromatic N) is 1. The van der Waals surface area contributed by atoms with E-state index in [-0.39, 0.29) is 18.1 Å². The zero-order valence-electron chi connectivity index (χ0n) is 10.2. The van der Waals surface area contributed by atoms with Crippen molar-refractivity contribution in [2.75, 3.05) is 18.2 Å². The Hall–Kier alpha value is -1.04. The molecule has 0 saturated heterocycles. The quantitative estimate of drug-likeness (QED) is 0.522. The summed E-state index contributed by atoms with van der Waals surface area (Å²) in [4.78, 5) is 24.7. The van der Waals surface area contributed by atoms with E-state index in [1.807, 2.05) is 0 Å². The van der Waals surface area contributed by atoms with Crippen LogP contribution in [-0.2, 0) is 14.3 Å². The molecule has 1 heterocycles. The maximum Gasteiger partial charge on any atom is 0.313 e. The van der Waals surface area contributed by atoms with Crippen LogP contribution in [0.15, 0.2) is 12.3 Å². The van der Waals surface area contributed by atoms with Crippen LogP contribution in [0.5, 0.6) is 0 Å². The molecule has 0 aliphatic rings. The summed E-state index contributed by atoms with van der Waals surface area (Å²) in [6.45, 7) is 1.98. The van der Waals surface area contributed by atoms with Crippen molar-refractivity contribution in [2.45, 2.75) is 13.3 Å². The van der Waals surface area contributed by atoms with Crippen molar-refractivity contribution in [3.63, 3.8) is 0 Å². The second-order valence-corrected chi connectivity index (χ2v) is 4.26. The van der Waals surface area contributed by atoms with Crippen molar-refractivity contribution in [3.8, 4) is 0 Å². The zero-order chi connectivity index (χ0) is 14.8. The summed E-state index contributed by atoms with van der Waals surface area (Å²) in [6, 6.07) is 1.50. The third-order valence-electron chi connectivity index (χ3n) is 1.63. The van der Waals surface area contributed by atoms with Gasteiger partial charge in [0.05, 0.1) is 22.5 Å². The molecule has 0 amide bonds. The summed E-state index contributed by atoms with van der Waals surface area (Å²) in [5.41, 5.74) is 5.27. The van der Waals surface area contributed by atoms with E-state index in [0.717, 1.165) is 0 Å². The maximum atomic E-state index is 10.5. The Morgan fingerprint density at radius 2 is 2.00 bits per heavy atom. The number of aromatic nitrogens is 1. The van der Waals surface area contributed by atoms with E-state index in [2.05, 4.69) is 9.72 Å². The van der Waals surface area contributed by atoms with Gasteiger partial charge in [-0.25, -0.2) is 4.98 Å². The minimum absolute atomic E-state index is 0.126. The van der Waals surface area contributed by atoms with Crippen LogP contribution in [-0.4, -0.2) is 29.2 Å². The average Bonchev–Trinajstić information content (AvgIpc) is 2.35. The number of esters is 1. The highest BCUT2D eigenvalue weighted by Gasteiger charge is 2.07. The number of alkyl halides is 1. The molecular weight excluding hydrogens is 314 g/mol. The highest BCUT2D eigenvalue weighted by molar-refractivity contribution is 6.42. The van der Waals surface area contributed by atoms with Crippen LogP contribution < -0.4 is 5.73 Å². The van der Waals surface area contributed by atoms with Gasteiger partial charge in [0.25, 0.3) is 0 Å². The predicted octanol–water partition coefficient (Wildman–Crippen LogP) is 2.72. The molecule has 106 valence electrons. The van der Waals surface area contributed by atoms with Crippen LogP contribution in [0, 0.1) is 0 Å². The molecule has 5 nitrogen and oxygen atoms in total. The van der Waals surface area contributed by atoms with Crippen molar-refractivity contribution in [1.29, 1.82) is 0 Å². The predicted molar refractivity (Wildman–Crippen MR) is 75.6 cm³/mol. The third kappa shape index (κ3) is 8.64. The summed E-state index contributed by atoms with van der Waals surface area (Å²) in [5, 5.41) is 0.857. The fourth-order valence-electron chi connectivity index (χ4n) is 0.849. The molecule has 8 heteroatoms. The molecule has 0 atom stereocenters. The van der Waals surface area contributed by atoms with Crippen molar-refractivity contribution < 1.29 is 14.3 Å². The Balaban J connectivity index is 0.000000342. The SMILES string of the molecule is CCOC(=O)CC(=O)CCl.Nc1cc(Cl)c(Cl)cn1. The van der Waals surface area contributed by atoms with E-state index in [9.17, 15) is 9.59 Å². The van der Waals surface area contributed by atoms with E-state index in [1.54, 1.807) is 6.92 Å². The van der Waals surface area contributed by atoms with E-state index < -0.39 is 5.97 Å². The number of halogens is 3. The van der Waals surface area contributed by atoms with Gasteiger partial charge >= 0.3 is 5.97 Å². The summed E-state index contributed by atoms with van der Waals surface area (Å²) < 4.78 is 4.50. The molecule has 0 unspecified atom stereocenters. The second kappa shape index (κ2) is 9.83. The molecule has 0 bridgehead atoms. The number of anilines is 1. The molecule has 2 N–H and O–H groups in total. The molecule has 1 aromatic rings. The van der Waals surface area contributed by atoms with Gasteiger partial charge in [-0.15, -0.1) is 11.6 Å². The fraction of sp³-hybridized carbons (Fsp3) is 0.364. The maximum absolute atomic E-state index is 10.5. The highest BCUT2D eigenvalue weighted by Crippen LogP contribution is 2.21. The van der Waals surface area contributed by atoms with Crippen LogP contribution in [0.1, 0.15) is 13.3 Å². The number of Topliss-reactive ketones (excluding diaryl/α,β-unsaturated/α-hetero) is 1. The monoisotopic (exact) mass is 326 g/mol. The Bertz CT molecular complexity index is 441. The first-order valence-corrected chi connectivity index (χ1v) is 6.49. The van der Waals surface area contributed by atoms with Gasteiger partial charge < -0.3 is 10.5 Å². The van der Waals surface area contributed by atoms with Crippen LogP contribution >= 0.6 is 34.8 Å². The van der Waals surface area contributed by atoms with Crippen molar-refractivity contribution >= 4 is 52.4 Å². The standard InChI is InChI=1S/C6H9ClO3.C5H4Cl2N2/c1-2-10-6(9)3-5(8)4-7;6-3-1-5(8)9-2-4(3)7/h2-4H2,1H3;1-2H,(H2,8,9). The Labute approximate surface area is 126 Å². The molecule has 0 radical (unpaired) electrons. The number of nitrogen functional groups attached to an aromatic ring is 1. The number of hydrogen-bond acceptors (Lipinski definition) is 5. The Kier molecular flexibility index (Phi) is 9.30. The van der Waals surface area contributed by atoms with E-state index >= 15 is 0 Å². The number of ether oxygens (including phenoxy) is 1. The van der Waals surface area contributed by atoms with Crippen molar-refractivity contribution in [1.82, 2.24) is 4.98 Å². The Morgan fingerprint density at radius 1 is 1.37 bits per heavy atom. The lowest BCUT2D eigenvalue weighted by Crippen LogP contribution is -2.11. The lowest BCUT2D eigenvalue weighted by atomic mass is 10.3.